The van der Waals surface area contributed by atoms with Crippen molar-refractivity contribution in [3.8, 4) is 5.75 Å². The molecule has 1 aromatic heterocycles. The van der Waals surface area contributed by atoms with Crippen LogP contribution < -0.4 is 4.74 Å². The zero-order chi connectivity index (χ0) is 15.4. The summed E-state index contributed by atoms with van der Waals surface area (Å²) >= 11 is 0. The second-order valence-electron chi connectivity index (χ2n) is 4.94. The Hall–Kier alpha value is -2.72. The van der Waals surface area contributed by atoms with Gasteiger partial charge in [0.2, 0.25) is 0 Å². The fourth-order valence-electron chi connectivity index (χ4n) is 2.25. The third-order valence-electron chi connectivity index (χ3n) is 3.36. The molecule has 22 heavy (non-hydrogen) atoms. The molecule has 2 heterocycles. The lowest BCUT2D eigenvalue weighted by atomic mass is 10.1. The van der Waals surface area contributed by atoms with E-state index in [2.05, 4.69) is 53.5 Å². The number of rotatable bonds is 1. The van der Waals surface area contributed by atoms with Gasteiger partial charge in [0, 0.05) is 6.20 Å². The fourth-order valence-corrected chi connectivity index (χ4v) is 2.25. The number of benzene rings is 2. The van der Waals surface area contributed by atoms with Gasteiger partial charge in [-0.15, -0.1) is 0 Å². The van der Waals surface area contributed by atoms with E-state index in [1.165, 1.54) is 10.8 Å². The number of carbonyl (C=O) groups is 1. The second kappa shape index (κ2) is 6.37. The monoisotopic (exact) mass is 293 g/mol. The van der Waals surface area contributed by atoms with Crippen molar-refractivity contribution >= 4 is 16.7 Å². The first kappa shape index (κ1) is 14.2. The van der Waals surface area contributed by atoms with Gasteiger partial charge >= 0.3 is 5.97 Å². The molecule has 4 nitrogen and oxygen atoms in total. The minimum atomic E-state index is -0.285. The Morgan fingerprint density at radius 2 is 1.64 bits per heavy atom. The molecule has 0 amide bonds. The summed E-state index contributed by atoms with van der Waals surface area (Å²) in [5.74, 6) is 0.194. The van der Waals surface area contributed by atoms with Gasteiger partial charge in [-0.25, -0.2) is 0 Å². The topological polar surface area (TPSA) is 59.4 Å². The molecule has 4 heteroatoms. The predicted molar refractivity (Wildman–Crippen MR) is 83.4 cm³/mol. The van der Waals surface area contributed by atoms with Crippen LogP contribution in [0.5, 0.6) is 5.75 Å². The lowest BCUT2D eigenvalue weighted by Crippen LogP contribution is -2.00. The first-order chi connectivity index (χ1) is 10.8. The van der Waals surface area contributed by atoms with E-state index < -0.39 is 0 Å². The number of esters is 1. The summed E-state index contributed by atoms with van der Waals surface area (Å²) in [6.07, 6.45) is 1.78. The van der Waals surface area contributed by atoms with Crippen LogP contribution in [0.15, 0.2) is 60.8 Å². The van der Waals surface area contributed by atoms with Crippen molar-refractivity contribution in [3.05, 3.63) is 72.1 Å². The lowest BCUT2D eigenvalue weighted by molar-refractivity contribution is -0.131. The van der Waals surface area contributed by atoms with Crippen LogP contribution in [0.25, 0.3) is 10.8 Å². The van der Waals surface area contributed by atoms with Gasteiger partial charge in [0.1, 0.15) is 0 Å². The molecule has 0 spiro atoms. The van der Waals surface area contributed by atoms with Gasteiger partial charge in [-0.3, -0.25) is 9.78 Å². The first-order valence-electron chi connectivity index (χ1n) is 6.99. The average molecular weight is 293 g/mol. The number of hydrogen-bond acceptors (Lipinski definition) is 4. The van der Waals surface area contributed by atoms with E-state index in [9.17, 15) is 4.79 Å². The minimum Gasteiger partial charge on any atom is -0.424 e. The zero-order valence-corrected chi connectivity index (χ0v) is 11.9. The van der Waals surface area contributed by atoms with Gasteiger partial charge in [0.25, 0.3) is 0 Å². The van der Waals surface area contributed by atoms with Crippen molar-refractivity contribution in [1.82, 2.24) is 4.98 Å². The van der Waals surface area contributed by atoms with E-state index >= 15 is 0 Å². The maximum Gasteiger partial charge on any atom is 0.317 e. The second-order valence-corrected chi connectivity index (χ2v) is 4.94. The van der Waals surface area contributed by atoms with Gasteiger partial charge < -0.3 is 9.84 Å². The van der Waals surface area contributed by atoms with E-state index in [4.69, 9.17) is 9.84 Å². The van der Waals surface area contributed by atoms with Crippen LogP contribution in [0, 0.1) is 0 Å². The summed E-state index contributed by atoms with van der Waals surface area (Å²) in [5.41, 5.74) is 1.31. The largest absolute Gasteiger partial charge is 0.424 e. The molecule has 0 aliphatic carbocycles. The molecule has 0 saturated carbocycles. The van der Waals surface area contributed by atoms with Gasteiger partial charge in [-0.2, -0.15) is 0 Å². The third kappa shape index (κ3) is 3.13. The zero-order valence-electron chi connectivity index (χ0n) is 11.9. The SMILES string of the molecule is O=C1Cc2ncc(CO)cc2O1.c1ccc2ccccc2c1. The molecule has 0 radical (unpaired) electrons. The Kier molecular flexibility index (Phi) is 4.12. The normalized spacial score (nSPS) is 12.3. The van der Waals surface area contributed by atoms with E-state index in [-0.39, 0.29) is 19.0 Å². The van der Waals surface area contributed by atoms with E-state index in [1.54, 1.807) is 12.3 Å². The number of aliphatic hydroxyl groups excluding tert-OH is 1. The highest BCUT2D eigenvalue weighted by molar-refractivity contribution is 5.82. The number of nitrogens with zero attached hydrogens (tertiary/aromatic N) is 1. The van der Waals surface area contributed by atoms with Gasteiger partial charge in [-0.05, 0) is 22.4 Å². The van der Waals surface area contributed by atoms with Crippen LogP contribution in [-0.4, -0.2) is 16.1 Å². The molecule has 0 saturated heterocycles. The van der Waals surface area contributed by atoms with Crippen LogP contribution in [0.3, 0.4) is 0 Å². The first-order valence-corrected chi connectivity index (χ1v) is 6.99. The summed E-state index contributed by atoms with van der Waals surface area (Å²) in [6, 6.07) is 18.3. The number of aliphatic hydroxyl groups is 1. The van der Waals surface area contributed by atoms with Crippen LogP contribution in [0.2, 0.25) is 0 Å². The maximum absolute atomic E-state index is 10.8. The van der Waals surface area contributed by atoms with Crippen LogP contribution in [0.4, 0.5) is 0 Å². The van der Waals surface area contributed by atoms with Gasteiger partial charge in [0.15, 0.2) is 5.75 Å². The fraction of sp³-hybridized carbons (Fsp3) is 0.111. The molecule has 1 aliphatic heterocycles. The number of aromatic nitrogens is 1. The average Bonchev–Trinajstić information content (AvgIpc) is 2.94. The molecular formula is C18H15NO3. The number of pyridine rings is 1. The molecule has 1 aliphatic rings. The molecule has 0 unspecified atom stereocenters. The third-order valence-corrected chi connectivity index (χ3v) is 3.36. The highest BCUT2D eigenvalue weighted by Crippen LogP contribution is 2.24. The number of fused-ring (bicyclic) bond motifs is 2. The summed E-state index contributed by atoms with van der Waals surface area (Å²) in [5, 5.41) is 11.4. The number of hydrogen-bond donors (Lipinski definition) is 1. The molecule has 0 fully saturated rings. The molecule has 0 atom stereocenters. The Balaban J connectivity index is 0.000000133. The standard InChI is InChI=1S/C10H8.C8H7NO3/c1-2-6-10-8-4-3-7-9(10)5-1;10-4-5-1-7-6(9-3-5)2-8(11)12-7/h1-8H;1,3,10H,2,4H2. The molecule has 3 aromatic rings. The Morgan fingerprint density at radius 1 is 1.05 bits per heavy atom. The van der Waals surface area contributed by atoms with Gasteiger partial charge in [-0.1, -0.05) is 48.5 Å². The Bertz CT molecular complexity index is 749. The molecule has 110 valence electrons. The summed E-state index contributed by atoms with van der Waals surface area (Å²) < 4.78 is 4.84. The van der Waals surface area contributed by atoms with Crippen LogP contribution in [-0.2, 0) is 17.8 Å². The molecule has 1 N–H and O–H groups in total. The summed E-state index contributed by atoms with van der Waals surface area (Å²) in [6.45, 7) is -0.0855. The van der Waals surface area contributed by atoms with Crippen molar-refractivity contribution in [2.75, 3.05) is 0 Å². The minimum absolute atomic E-state index is 0.0855. The van der Waals surface area contributed by atoms with E-state index in [0.717, 1.165) is 0 Å². The van der Waals surface area contributed by atoms with Crippen molar-refractivity contribution < 1.29 is 14.6 Å². The van der Waals surface area contributed by atoms with E-state index in [1.807, 2.05) is 0 Å². The summed E-state index contributed by atoms with van der Waals surface area (Å²) in [7, 11) is 0. The van der Waals surface area contributed by atoms with Crippen molar-refractivity contribution in [1.29, 1.82) is 0 Å². The van der Waals surface area contributed by atoms with Crippen molar-refractivity contribution in [3.63, 3.8) is 0 Å². The van der Waals surface area contributed by atoms with Crippen molar-refractivity contribution in [2.24, 2.45) is 0 Å². The van der Waals surface area contributed by atoms with Crippen LogP contribution >= 0.6 is 0 Å². The predicted octanol–water partition coefficient (Wildman–Crippen LogP) is 2.88. The number of ether oxygens (including phenoxy) is 1. The Morgan fingerprint density at radius 3 is 2.18 bits per heavy atom. The molecule has 4 rings (SSSR count). The summed E-state index contributed by atoms with van der Waals surface area (Å²) in [4.78, 5) is 14.7. The molecule has 0 bridgehead atoms. The maximum atomic E-state index is 10.8. The highest BCUT2D eigenvalue weighted by atomic mass is 16.5. The van der Waals surface area contributed by atoms with Crippen molar-refractivity contribution in [2.45, 2.75) is 13.0 Å². The quantitative estimate of drug-likeness (QED) is 0.701. The molecular weight excluding hydrogens is 278 g/mol. The van der Waals surface area contributed by atoms with E-state index in [0.29, 0.717) is 17.0 Å². The Labute approximate surface area is 128 Å². The van der Waals surface area contributed by atoms with Crippen LogP contribution in [0.1, 0.15) is 11.3 Å². The highest BCUT2D eigenvalue weighted by Gasteiger charge is 2.21. The lowest BCUT2D eigenvalue weighted by Gasteiger charge is -1.98. The van der Waals surface area contributed by atoms with Gasteiger partial charge in [0.05, 0.1) is 18.7 Å². The molecule has 2 aromatic carbocycles. The smallest absolute Gasteiger partial charge is 0.317 e. The number of carbonyl (C=O) groups excluding carboxylic acids is 1.